The molecule has 1 atom stereocenters. The Hall–Kier alpha value is -4.05. The van der Waals surface area contributed by atoms with Crippen LogP contribution >= 0.6 is 0 Å². The Balaban J connectivity index is 1.56. The van der Waals surface area contributed by atoms with E-state index in [1.807, 2.05) is 12.1 Å². The normalized spacial score (nSPS) is 16.2. The number of carbonyl (C=O) groups is 1. The van der Waals surface area contributed by atoms with Crippen LogP contribution in [0.5, 0.6) is 23.0 Å². The van der Waals surface area contributed by atoms with Crippen molar-refractivity contribution in [2.45, 2.75) is 25.5 Å². The first kappa shape index (κ1) is 25.1. The number of nitro benzene ring substituents is 1. The zero-order valence-electron chi connectivity index (χ0n) is 20.0. The summed E-state index contributed by atoms with van der Waals surface area (Å²) in [7, 11) is 1.55. The van der Waals surface area contributed by atoms with Gasteiger partial charge in [-0.1, -0.05) is 18.7 Å². The van der Waals surface area contributed by atoms with Gasteiger partial charge in [0, 0.05) is 25.8 Å². The molecule has 1 fully saturated rings. The summed E-state index contributed by atoms with van der Waals surface area (Å²) in [5.41, 5.74) is 0.917. The molecule has 2 aromatic carbocycles. The molecule has 10 heteroatoms. The Morgan fingerprint density at radius 3 is 2.75 bits per heavy atom. The van der Waals surface area contributed by atoms with E-state index in [0.29, 0.717) is 49.3 Å². The Morgan fingerprint density at radius 1 is 1.25 bits per heavy atom. The highest BCUT2D eigenvalue weighted by molar-refractivity contribution is 5.92. The van der Waals surface area contributed by atoms with E-state index in [9.17, 15) is 14.9 Å². The molecule has 0 spiro atoms. The van der Waals surface area contributed by atoms with Gasteiger partial charge in [0.1, 0.15) is 6.61 Å². The van der Waals surface area contributed by atoms with E-state index in [1.54, 1.807) is 24.2 Å². The highest BCUT2D eigenvalue weighted by Crippen LogP contribution is 2.38. The van der Waals surface area contributed by atoms with Gasteiger partial charge in [-0.3, -0.25) is 14.9 Å². The van der Waals surface area contributed by atoms with Crippen LogP contribution in [0, 0.1) is 10.1 Å². The fraction of sp³-hybridized carbons (Fsp3) is 0.346. The van der Waals surface area contributed by atoms with Gasteiger partial charge in [-0.05, 0) is 42.7 Å². The Bertz CT molecular complexity index is 1160. The van der Waals surface area contributed by atoms with Crippen LogP contribution in [0.4, 0.5) is 5.69 Å². The molecular weight excluding hydrogens is 468 g/mol. The molecule has 0 radical (unpaired) electrons. The average molecular weight is 497 g/mol. The van der Waals surface area contributed by atoms with Crippen molar-refractivity contribution in [3.05, 3.63) is 70.3 Å². The number of hydrogen-bond acceptors (Lipinski definition) is 8. The van der Waals surface area contributed by atoms with Crippen LogP contribution < -0.4 is 18.9 Å². The lowest BCUT2D eigenvalue weighted by atomic mass is 10.1. The van der Waals surface area contributed by atoms with E-state index in [2.05, 4.69) is 6.58 Å². The number of carbonyl (C=O) groups excluding carboxylic acids is 1. The molecule has 0 saturated carbocycles. The number of hydrogen-bond donors (Lipinski definition) is 0. The van der Waals surface area contributed by atoms with Gasteiger partial charge in [-0.15, -0.1) is 0 Å². The van der Waals surface area contributed by atoms with Gasteiger partial charge >= 0.3 is 0 Å². The monoisotopic (exact) mass is 496 g/mol. The van der Waals surface area contributed by atoms with Crippen molar-refractivity contribution in [3.63, 3.8) is 0 Å². The summed E-state index contributed by atoms with van der Waals surface area (Å²) in [5.74, 6) is 1.52. The van der Waals surface area contributed by atoms with Gasteiger partial charge < -0.3 is 28.6 Å². The van der Waals surface area contributed by atoms with Gasteiger partial charge in [-0.25, -0.2) is 0 Å². The van der Waals surface area contributed by atoms with Crippen LogP contribution in [0.2, 0.25) is 0 Å². The lowest BCUT2D eigenvalue weighted by molar-refractivity contribution is -0.385. The molecule has 1 saturated heterocycles. The van der Waals surface area contributed by atoms with Crippen LogP contribution in [-0.4, -0.2) is 55.5 Å². The lowest BCUT2D eigenvalue weighted by Crippen LogP contribution is -2.35. The molecule has 2 heterocycles. The van der Waals surface area contributed by atoms with Gasteiger partial charge in [0.2, 0.25) is 12.7 Å². The second kappa shape index (κ2) is 11.6. The molecule has 10 nitrogen and oxygen atoms in total. The van der Waals surface area contributed by atoms with Gasteiger partial charge in [0.25, 0.3) is 5.69 Å². The number of rotatable bonds is 11. The molecule has 0 aliphatic carbocycles. The predicted octanol–water partition coefficient (Wildman–Crippen LogP) is 4.12. The van der Waals surface area contributed by atoms with E-state index in [4.69, 9.17) is 23.7 Å². The first-order chi connectivity index (χ1) is 17.5. The number of nitro groups is 1. The highest BCUT2D eigenvalue weighted by atomic mass is 16.7. The molecule has 1 unspecified atom stereocenters. The maximum atomic E-state index is 13.3. The minimum Gasteiger partial charge on any atom is -0.493 e. The zero-order valence-corrected chi connectivity index (χ0v) is 20.0. The number of ether oxygens (including phenoxy) is 5. The van der Waals surface area contributed by atoms with Crippen molar-refractivity contribution in [2.24, 2.45) is 0 Å². The number of fused-ring (bicyclic) bond motifs is 1. The van der Waals surface area contributed by atoms with Crippen molar-refractivity contribution in [2.75, 3.05) is 33.7 Å². The standard InChI is InChI=1S/C26H28N2O8/c1-3-10-34-22-8-6-18(12-23(22)32-2)15-27(16-20-5-4-11-33-20)26(29)9-7-19-13-24-25(36-17-35-24)14-21(19)28(30)31/h3,6-9,12-14,20H,1,4-5,10-11,15-17H2,2H3/b9-7+. The van der Waals surface area contributed by atoms with Crippen LogP contribution in [-0.2, 0) is 16.1 Å². The van der Waals surface area contributed by atoms with E-state index < -0.39 is 4.92 Å². The zero-order chi connectivity index (χ0) is 25.5. The second-order valence-corrected chi connectivity index (χ2v) is 8.29. The molecule has 0 N–H and O–H groups in total. The Morgan fingerprint density at radius 2 is 2.06 bits per heavy atom. The topological polar surface area (TPSA) is 110 Å². The molecule has 4 rings (SSSR count). The third-order valence-electron chi connectivity index (χ3n) is 5.84. The van der Waals surface area contributed by atoms with Crippen molar-refractivity contribution in [1.29, 1.82) is 0 Å². The molecule has 1 amide bonds. The summed E-state index contributed by atoms with van der Waals surface area (Å²) in [4.78, 5) is 26.0. The molecule has 2 aliphatic rings. The van der Waals surface area contributed by atoms with E-state index in [-0.39, 0.29) is 30.1 Å². The van der Waals surface area contributed by atoms with E-state index in [0.717, 1.165) is 18.4 Å². The first-order valence-corrected chi connectivity index (χ1v) is 11.6. The third kappa shape index (κ3) is 5.95. The van der Waals surface area contributed by atoms with Gasteiger partial charge in [0.15, 0.2) is 23.0 Å². The quantitative estimate of drug-likeness (QED) is 0.198. The van der Waals surface area contributed by atoms with Crippen molar-refractivity contribution >= 4 is 17.7 Å². The molecule has 36 heavy (non-hydrogen) atoms. The third-order valence-corrected chi connectivity index (χ3v) is 5.84. The smallest absolute Gasteiger partial charge is 0.280 e. The largest absolute Gasteiger partial charge is 0.493 e. The number of nitrogens with zero attached hydrogens (tertiary/aromatic N) is 2. The molecule has 0 aromatic heterocycles. The molecule has 0 bridgehead atoms. The highest BCUT2D eigenvalue weighted by Gasteiger charge is 2.24. The predicted molar refractivity (Wildman–Crippen MR) is 131 cm³/mol. The van der Waals surface area contributed by atoms with Crippen molar-refractivity contribution in [3.8, 4) is 23.0 Å². The van der Waals surface area contributed by atoms with E-state index >= 15 is 0 Å². The van der Waals surface area contributed by atoms with Crippen molar-refractivity contribution < 1.29 is 33.4 Å². The van der Waals surface area contributed by atoms with Gasteiger partial charge in [0.05, 0.1) is 29.8 Å². The maximum Gasteiger partial charge on any atom is 0.280 e. The fourth-order valence-electron chi connectivity index (χ4n) is 4.07. The van der Waals surface area contributed by atoms with Crippen LogP contribution in [0.1, 0.15) is 24.0 Å². The first-order valence-electron chi connectivity index (χ1n) is 11.6. The van der Waals surface area contributed by atoms with Crippen molar-refractivity contribution in [1.82, 2.24) is 4.90 Å². The minimum absolute atomic E-state index is 0.00532. The number of amides is 1. The van der Waals surface area contributed by atoms with Gasteiger partial charge in [-0.2, -0.15) is 0 Å². The summed E-state index contributed by atoms with van der Waals surface area (Å²) >= 11 is 0. The van der Waals surface area contributed by atoms with Crippen LogP contribution in [0.3, 0.4) is 0 Å². The van der Waals surface area contributed by atoms with Crippen LogP contribution in [0.25, 0.3) is 6.08 Å². The molecule has 2 aromatic rings. The van der Waals surface area contributed by atoms with Crippen LogP contribution in [0.15, 0.2) is 49.1 Å². The molecule has 190 valence electrons. The second-order valence-electron chi connectivity index (χ2n) is 8.29. The SMILES string of the molecule is C=CCOc1ccc(CN(CC2CCCO2)C(=O)/C=C/c2cc3c(cc2[N+](=O)[O-])OCO3)cc1OC. The Labute approximate surface area is 208 Å². The molecule has 2 aliphatic heterocycles. The summed E-state index contributed by atoms with van der Waals surface area (Å²) in [6, 6.07) is 8.28. The minimum atomic E-state index is -0.515. The Kier molecular flexibility index (Phi) is 8.06. The summed E-state index contributed by atoms with van der Waals surface area (Å²) < 4.78 is 27.4. The summed E-state index contributed by atoms with van der Waals surface area (Å²) in [5, 5.41) is 11.6. The molecular formula is C26H28N2O8. The fourth-order valence-corrected chi connectivity index (χ4v) is 4.07. The average Bonchev–Trinajstić information content (AvgIpc) is 3.57. The lowest BCUT2D eigenvalue weighted by Gasteiger charge is -2.25. The summed E-state index contributed by atoms with van der Waals surface area (Å²) in [6.45, 7) is 5.34. The number of methoxy groups -OCH3 is 1. The number of benzene rings is 2. The van der Waals surface area contributed by atoms with E-state index in [1.165, 1.54) is 24.3 Å². The maximum absolute atomic E-state index is 13.3. The summed E-state index contributed by atoms with van der Waals surface area (Å²) in [6.07, 6.45) is 6.13.